The second-order valence-corrected chi connectivity index (χ2v) is 4.35. The van der Waals surface area contributed by atoms with Gasteiger partial charge in [0.25, 0.3) is 0 Å². The Morgan fingerprint density at radius 1 is 1.18 bits per heavy atom. The fourth-order valence-corrected chi connectivity index (χ4v) is 1.63. The first-order valence-electron chi connectivity index (χ1n) is 5.18. The highest BCUT2D eigenvalue weighted by atomic mass is 35.5. The van der Waals surface area contributed by atoms with Gasteiger partial charge in [0.15, 0.2) is 5.54 Å². The molecule has 0 saturated carbocycles. The number of rotatable bonds is 6. The summed E-state index contributed by atoms with van der Waals surface area (Å²) in [7, 11) is 0. The molecule has 0 radical (unpaired) electrons. The second-order valence-electron chi connectivity index (χ2n) is 3.95. The number of aliphatic hydroxyl groups excluding tert-OH is 3. The van der Waals surface area contributed by atoms with Gasteiger partial charge < -0.3 is 20.6 Å². The summed E-state index contributed by atoms with van der Waals surface area (Å²) < 4.78 is 13.4. The van der Waals surface area contributed by atoms with Crippen LogP contribution in [-0.2, 0) is 6.54 Å². The van der Waals surface area contributed by atoms with Gasteiger partial charge in [0.05, 0.1) is 10.6 Å². The molecule has 6 heteroatoms. The third-order valence-corrected chi connectivity index (χ3v) is 3.10. The zero-order chi connectivity index (χ0) is 12.9. The van der Waals surface area contributed by atoms with E-state index in [1.807, 2.05) is 0 Å². The molecule has 5 N–H and O–H groups in total. The van der Waals surface area contributed by atoms with E-state index in [1.54, 1.807) is 6.07 Å². The summed E-state index contributed by atoms with van der Waals surface area (Å²) in [5, 5.41) is 29.1. The molecule has 0 fully saturated rings. The molecule has 0 spiro atoms. The molecule has 0 bridgehead atoms. The average molecular weight is 265 g/mol. The molecule has 0 unspecified atom stereocenters. The normalized spacial score (nSPS) is 11.8. The van der Waals surface area contributed by atoms with Crippen LogP contribution in [0.3, 0.4) is 0 Å². The van der Waals surface area contributed by atoms with Crippen LogP contribution in [0.1, 0.15) is 5.56 Å². The van der Waals surface area contributed by atoms with Crippen molar-refractivity contribution in [2.75, 3.05) is 19.8 Å². The minimum Gasteiger partial charge on any atom is -0.390 e. The molecular weight excluding hydrogens is 249 g/mol. The van der Waals surface area contributed by atoms with E-state index in [-0.39, 0.29) is 17.1 Å². The van der Waals surface area contributed by atoms with Gasteiger partial charge in [-0.2, -0.15) is 0 Å². The van der Waals surface area contributed by atoms with Crippen LogP contribution in [0.5, 0.6) is 0 Å². The van der Waals surface area contributed by atoms with E-state index in [9.17, 15) is 4.39 Å². The number of aliphatic hydroxyl groups is 3. The first-order valence-corrected chi connectivity index (χ1v) is 5.56. The van der Waals surface area contributed by atoms with E-state index in [4.69, 9.17) is 26.9 Å². The van der Waals surface area contributed by atoms with Crippen LogP contribution < -0.4 is 5.32 Å². The maximum atomic E-state index is 13.4. The molecule has 1 aromatic carbocycles. The van der Waals surface area contributed by atoms with E-state index < -0.39 is 31.2 Å². The molecule has 17 heavy (non-hydrogen) atoms. The van der Waals surface area contributed by atoms with E-state index in [2.05, 4.69) is 0 Å². The zero-order valence-corrected chi connectivity index (χ0v) is 9.99. The van der Waals surface area contributed by atoms with Gasteiger partial charge in [-0.3, -0.25) is 0 Å². The largest absolute Gasteiger partial charge is 0.390 e. The van der Waals surface area contributed by atoms with E-state index >= 15 is 0 Å². The highest BCUT2D eigenvalue weighted by Gasteiger charge is 2.32. The van der Waals surface area contributed by atoms with Crippen LogP contribution in [0.15, 0.2) is 18.2 Å². The Labute approximate surface area is 104 Å². The molecule has 96 valence electrons. The predicted octanol–water partition coefficient (Wildman–Crippen LogP) is -0.742. The van der Waals surface area contributed by atoms with Crippen molar-refractivity contribution in [3.63, 3.8) is 0 Å². The van der Waals surface area contributed by atoms with Gasteiger partial charge in [-0.25, -0.2) is 4.39 Å². The molecule has 0 heterocycles. The minimum atomic E-state index is -1.12. The number of quaternary nitrogens is 1. The molecule has 0 aliphatic carbocycles. The Hall–Kier alpha value is -0.720. The fourth-order valence-electron chi connectivity index (χ4n) is 1.39. The monoisotopic (exact) mass is 264 g/mol. The van der Waals surface area contributed by atoms with Crippen molar-refractivity contribution in [2.24, 2.45) is 0 Å². The molecule has 1 aromatic rings. The van der Waals surface area contributed by atoms with Crippen molar-refractivity contribution in [3.8, 4) is 0 Å². The third kappa shape index (κ3) is 3.37. The number of nitrogens with two attached hydrogens (primary N) is 1. The van der Waals surface area contributed by atoms with Crippen LogP contribution in [0.25, 0.3) is 0 Å². The minimum absolute atomic E-state index is 0.132. The van der Waals surface area contributed by atoms with Crippen molar-refractivity contribution in [1.82, 2.24) is 0 Å². The first kappa shape index (κ1) is 14.3. The lowest BCUT2D eigenvalue weighted by Gasteiger charge is -2.25. The molecular formula is C11H16ClFNO3+. The molecule has 1 rings (SSSR count). The van der Waals surface area contributed by atoms with Crippen molar-refractivity contribution in [3.05, 3.63) is 34.6 Å². The molecule has 0 saturated heterocycles. The highest BCUT2D eigenvalue weighted by molar-refractivity contribution is 6.31. The summed E-state index contributed by atoms with van der Waals surface area (Å²) in [6.45, 7) is -1.10. The van der Waals surface area contributed by atoms with Gasteiger partial charge in [-0.1, -0.05) is 17.7 Å². The standard InChI is InChI=1S/C11H15ClFNO3/c12-9-2-1-3-10(13)8(9)4-14-11(5-15,6-16)7-17/h1-3,14-17H,4-7H2/p+1. The quantitative estimate of drug-likeness (QED) is 0.547. The predicted molar refractivity (Wildman–Crippen MR) is 61.0 cm³/mol. The van der Waals surface area contributed by atoms with Gasteiger partial charge in [0, 0.05) is 0 Å². The van der Waals surface area contributed by atoms with Crippen LogP contribution in [0.2, 0.25) is 5.02 Å². The van der Waals surface area contributed by atoms with E-state index in [0.29, 0.717) is 0 Å². The maximum absolute atomic E-state index is 13.4. The molecule has 0 aromatic heterocycles. The average Bonchev–Trinajstić information content (AvgIpc) is 2.34. The number of hydrogen-bond donors (Lipinski definition) is 4. The molecule has 0 aliphatic heterocycles. The summed E-state index contributed by atoms with van der Waals surface area (Å²) in [5.41, 5.74) is -0.833. The smallest absolute Gasteiger partial charge is 0.166 e. The van der Waals surface area contributed by atoms with Gasteiger partial charge in [-0.15, -0.1) is 0 Å². The van der Waals surface area contributed by atoms with Crippen molar-refractivity contribution in [2.45, 2.75) is 12.1 Å². The fraction of sp³-hybridized carbons (Fsp3) is 0.455. The Balaban J connectivity index is 2.79. The van der Waals surface area contributed by atoms with Crippen LogP contribution >= 0.6 is 11.6 Å². The van der Waals surface area contributed by atoms with Crippen LogP contribution in [-0.4, -0.2) is 40.7 Å². The lowest BCUT2D eigenvalue weighted by molar-refractivity contribution is -0.747. The van der Waals surface area contributed by atoms with Crippen LogP contribution in [0, 0.1) is 5.82 Å². The summed E-state index contributed by atoms with van der Waals surface area (Å²) in [6.07, 6.45) is 0. The van der Waals surface area contributed by atoms with Crippen LogP contribution in [0.4, 0.5) is 4.39 Å². The summed E-state index contributed by atoms with van der Waals surface area (Å²) in [6, 6.07) is 4.35. The van der Waals surface area contributed by atoms with Crippen molar-refractivity contribution >= 4 is 11.6 Å². The topological polar surface area (TPSA) is 77.3 Å². The van der Waals surface area contributed by atoms with Gasteiger partial charge in [0.1, 0.15) is 32.2 Å². The van der Waals surface area contributed by atoms with Gasteiger partial charge >= 0.3 is 0 Å². The lowest BCUT2D eigenvalue weighted by Crippen LogP contribution is -2.99. The lowest BCUT2D eigenvalue weighted by atomic mass is 10.0. The summed E-state index contributed by atoms with van der Waals surface area (Å²) >= 11 is 5.84. The second kappa shape index (κ2) is 6.28. The summed E-state index contributed by atoms with van der Waals surface area (Å²) in [4.78, 5) is 0. The van der Waals surface area contributed by atoms with E-state index in [0.717, 1.165) is 0 Å². The molecule has 0 atom stereocenters. The molecule has 0 amide bonds. The Morgan fingerprint density at radius 2 is 1.76 bits per heavy atom. The number of benzene rings is 1. The Bertz CT molecular complexity index is 343. The Kier molecular flexibility index (Phi) is 5.30. The van der Waals surface area contributed by atoms with Crippen molar-refractivity contribution in [1.29, 1.82) is 0 Å². The SMILES string of the molecule is OCC(CO)(CO)[NH2+]Cc1c(F)cccc1Cl. The highest BCUT2D eigenvalue weighted by Crippen LogP contribution is 2.17. The van der Waals surface area contributed by atoms with Crippen molar-refractivity contribution < 1.29 is 25.0 Å². The zero-order valence-electron chi connectivity index (χ0n) is 9.24. The summed E-state index contributed by atoms with van der Waals surface area (Å²) in [5.74, 6) is -0.448. The number of halogens is 2. The number of hydrogen-bond acceptors (Lipinski definition) is 3. The van der Waals surface area contributed by atoms with Gasteiger partial charge in [0.2, 0.25) is 0 Å². The third-order valence-electron chi connectivity index (χ3n) is 2.75. The van der Waals surface area contributed by atoms with Gasteiger partial charge in [-0.05, 0) is 12.1 Å². The molecule has 4 nitrogen and oxygen atoms in total. The first-order chi connectivity index (χ1) is 8.08. The Morgan fingerprint density at radius 3 is 2.24 bits per heavy atom. The molecule has 0 aliphatic rings. The van der Waals surface area contributed by atoms with E-state index in [1.165, 1.54) is 17.4 Å². The maximum Gasteiger partial charge on any atom is 0.166 e.